The largest absolute Gasteiger partial charge is 0.370 e. The van der Waals surface area contributed by atoms with Crippen molar-refractivity contribution >= 4 is 11.6 Å². The minimum Gasteiger partial charge on any atom is -0.370 e. The summed E-state index contributed by atoms with van der Waals surface area (Å²) in [5.41, 5.74) is 9.87. The summed E-state index contributed by atoms with van der Waals surface area (Å²) in [6.07, 6.45) is 7.04. The Labute approximate surface area is 135 Å². The second-order valence-electron chi connectivity index (χ2n) is 6.30. The fourth-order valence-electron chi connectivity index (χ4n) is 3.06. The molecule has 4 rings (SSSR count). The van der Waals surface area contributed by atoms with E-state index in [1.165, 1.54) is 24.0 Å². The van der Waals surface area contributed by atoms with Gasteiger partial charge in [-0.3, -0.25) is 0 Å². The fraction of sp³-hybridized carbons (Fsp3) is 0.471. The SMILES string of the molecule is NC(=NCc1noc(C2CC2)n1)Nc1cccc2c1CCCC2. The molecule has 6 heteroatoms. The van der Waals surface area contributed by atoms with Gasteiger partial charge in [0.05, 0.1) is 0 Å². The van der Waals surface area contributed by atoms with Crippen LogP contribution in [0, 0.1) is 0 Å². The molecule has 2 aromatic rings. The van der Waals surface area contributed by atoms with Crippen LogP contribution in [0.3, 0.4) is 0 Å². The Bertz CT molecular complexity index is 732. The van der Waals surface area contributed by atoms with E-state index < -0.39 is 0 Å². The Morgan fingerprint density at radius 3 is 3.04 bits per heavy atom. The molecule has 1 saturated carbocycles. The lowest BCUT2D eigenvalue weighted by Gasteiger charge is -2.19. The first-order chi connectivity index (χ1) is 11.3. The number of hydrogen-bond acceptors (Lipinski definition) is 4. The summed E-state index contributed by atoms with van der Waals surface area (Å²) in [5.74, 6) is 2.18. The van der Waals surface area contributed by atoms with Gasteiger partial charge in [-0.25, -0.2) is 4.99 Å². The first-order valence-corrected chi connectivity index (χ1v) is 8.30. The standard InChI is InChI=1S/C17H21N5O/c18-17(19-10-15-21-16(23-22-15)12-8-9-12)20-14-7-3-5-11-4-1-2-6-13(11)14/h3,5,7,12H,1-2,4,6,8-10H2,(H3,18,19,20). The van der Waals surface area contributed by atoms with E-state index in [4.69, 9.17) is 10.3 Å². The highest BCUT2D eigenvalue weighted by Crippen LogP contribution is 2.38. The van der Waals surface area contributed by atoms with Crippen LogP contribution in [0.2, 0.25) is 0 Å². The number of aliphatic imine (C=N–C) groups is 1. The molecule has 0 atom stereocenters. The highest BCUT2D eigenvalue weighted by molar-refractivity contribution is 5.93. The van der Waals surface area contributed by atoms with Gasteiger partial charge in [-0.2, -0.15) is 4.98 Å². The van der Waals surface area contributed by atoms with Gasteiger partial charge in [-0.1, -0.05) is 17.3 Å². The molecule has 23 heavy (non-hydrogen) atoms. The third-order valence-electron chi connectivity index (χ3n) is 4.46. The Hall–Kier alpha value is -2.37. The maximum atomic E-state index is 6.02. The van der Waals surface area contributed by atoms with Gasteiger partial charge < -0.3 is 15.6 Å². The van der Waals surface area contributed by atoms with Gasteiger partial charge >= 0.3 is 0 Å². The van der Waals surface area contributed by atoms with Crippen LogP contribution in [0.25, 0.3) is 0 Å². The molecule has 2 aliphatic carbocycles. The van der Waals surface area contributed by atoms with Crippen molar-refractivity contribution in [2.24, 2.45) is 10.7 Å². The summed E-state index contributed by atoms with van der Waals surface area (Å²) < 4.78 is 5.22. The van der Waals surface area contributed by atoms with Crippen LogP contribution >= 0.6 is 0 Å². The van der Waals surface area contributed by atoms with Crippen molar-refractivity contribution in [3.63, 3.8) is 0 Å². The lowest BCUT2D eigenvalue weighted by atomic mass is 9.90. The normalized spacial score (nSPS) is 17.8. The lowest BCUT2D eigenvalue weighted by molar-refractivity contribution is 0.374. The third kappa shape index (κ3) is 3.21. The van der Waals surface area contributed by atoms with E-state index in [2.05, 4.69) is 38.6 Å². The van der Waals surface area contributed by atoms with Gasteiger partial charge in [0.15, 0.2) is 11.8 Å². The maximum Gasteiger partial charge on any atom is 0.229 e. The molecule has 120 valence electrons. The minimum atomic E-state index is 0.337. The predicted octanol–water partition coefficient (Wildman–Crippen LogP) is 2.75. The summed E-state index contributed by atoms with van der Waals surface area (Å²) in [5, 5.41) is 7.17. The van der Waals surface area contributed by atoms with Crippen molar-refractivity contribution < 1.29 is 4.52 Å². The van der Waals surface area contributed by atoms with Crippen LogP contribution in [0.15, 0.2) is 27.7 Å². The summed E-state index contributed by atoms with van der Waals surface area (Å²) in [7, 11) is 0. The Kier molecular flexibility index (Phi) is 3.73. The second kappa shape index (κ2) is 6.02. The fourth-order valence-corrected chi connectivity index (χ4v) is 3.06. The summed E-state index contributed by atoms with van der Waals surface area (Å²) in [6, 6.07) is 6.33. The van der Waals surface area contributed by atoms with Gasteiger partial charge in [-0.15, -0.1) is 0 Å². The Morgan fingerprint density at radius 1 is 1.30 bits per heavy atom. The summed E-state index contributed by atoms with van der Waals surface area (Å²) in [6.45, 7) is 0.337. The number of aryl methyl sites for hydroxylation is 1. The number of benzene rings is 1. The number of nitrogens with two attached hydrogens (primary N) is 1. The van der Waals surface area contributed by atoms with E-state index in [1.54, 1.807) is 0 Å². The van der Waals surface area contributed by atoms with Crippen LogP contribution in [0.1, 0.15) is 54.4 Å². The number of guanidine groups is 1. The number of hydrogen-bond donors (Lipinski definition) is 2. The van der Waals surface area contributed by atoms with Crippen LogP contribution in [0.5, 0.6) is 0 Å². The van der Waals surface area contributed by atoms with Gasteiger partial charge in [0.2, 0.25) is 5.89 Å². The van der Waals surface area contributed by atoms with Crippen molar-refractivity contribution in [1.82, 2.24) is 10.1 Å². The Morgan fingerprint density at radius 2 is 2.17 bits per heavy atom. The molecular formula is C17H21N5O. The third-order valence-corrected chi connectivity index (χ3v) is 4.46. The number of rotatable bonds is 4. The summed E-state index contributed by atoms with van der Waals surface area (Å²) in [4.78, 5) is 8.68. The molecule has 1 aromatic carbocycles. The van der Waals surface area contributed by atoms with Gasteiger partial charge in [0, 0.05) is 11.6 Å². The zero-order chi connectivity index (χ0) is 15.6. The minimum absolute atomic E-state index is 0.337. The molecule has 1 heterocycles. The summed E-state index contributed by atoms with van der Waals surface area (Å²) >= 11 is 0. The first kappa shape index (κ1) is 14.2. The Balaban J connectivity index is 1.43. The average Bonchev–Trinajstić information content (AvgIpc) is 3.32. The van der Waals surface area contributed by atoms with Crippen molar-refractivity contribution in [1.29, 1.82) is 0 Å². The number of nitrogens with one attached hydrogen (secondary N) is 1. The van der Waals surface area contributed by atoms with Crippen molar-refractivity contribution in [2.45, 2.75) is 51.0 Å². The number of aromatic nitrogens is 2. The van der Waals surface area contributed by atoms with Crippen molar-refractivity contribution in [3.05, 3.63) is 41.0 Å². The molecule has 1 aromatic heterocycles. The van der Waals surface area contributed by atoms with Crippen molar-refractivity contribution in [2.75, 3.05) is 5.32 Å². The number of anilines is 1. The monoisotopic (exact) mass is 311 g/mol. The van der Waals surface area contributed by atoms with E-state index in [0.29, 0.717) is 24.2 Å². The zero-order valence-electron chi connectivity index (χ0n) is 13.1. The zero-order valence-corrected chi connectivity index (χ0v) is 13.1. The molecule has 0 saturated heterocycles. The molecule has 3 N–H and O–H groups in total. The van der Waals surface area contributed by atoms with Crippen molar-refractivity contribution in [3.8, 4) is 0 Å². The van der Waals surface area contributed by atoms with E-state index >= 15 is 0 Å². The molecule has 0 unspecified atom stereocenters. The van der Waals surface area contributed by atoms with Crippen LogP contribution in [-0.2, 0) is 19.4 Å². The van der Waals surface area contributed by atoms with Crippen LogP contribution in [-0.4, -0.2) is 16.1 Å². The smallest absolute Gasteiger partial charge is 0.229 e. The van der Waals surface area contributed by atoms with E-state index in [-0.39, 0.29) is 0 Å². The molecule has 0 aliphatic heterocycles. The molecular weight excluding hydrogens is 290 g/mol. The molecule has 0 spiro atoms. The van der Waals surface area contributed by atoms with Gasteiger partial charge in [-0.05, 0) is 55.7 Å². The average molecular weight is 311 g/mol. The van der Waals surface area contributed by atoms with E-state index in [1.807, 2.05) is 0 Å². The second-order valence-corrected chi connectivity index (χ2v) is 6.30. The maximum absolute atomic E-state index is 6.02. The molecule has 0 bridgehead atoms. The topological polar surface area (TPSA) is 89.3 Å². The number of nitrogens with zero attached hydrogens (tertiary/aromatic N) is 3. The molecule has 1 fully saturated rings. The van der Waals surface area contributed by atoms with E-state index in [9.17, 15) is 0 Å². The molecule has 0 radical (unpaired) electrons. The van der Waals surface area contributed by atoms with Crippen LogP contribution in [0.4, 0.5) is 5.69 Å². The van der Waals surface area contributed by atoms with Crippen LogP contribution < -0.4 is 11.1 Å². The lowest BCUT2D eigenvalue weighted by Crippen LogP contribution is -2.24. The molecule has 6 nitrogen and oxygen atoms in total. The van der Waals surface area contributed by atoms with E-state index in [0.717, 1.165) is 37.3 Å². The van der Waals surface area contributed by atoms with Gasteiger partial charge in [0.1, 0.15) is 6.54 Å². The molecule has 0 amide bonds. The predicted molar refractivity (Wildman–Crippen MR) is 88.3 cm³/mol. The first-order valence-electron chi connectivity index (χ1n) is 8.30. The van der Waals surface area contributed by atoms with Gasteiger partial charge in [0.25, 0.3) is 0 Å². The quantitative estimate of drug-likeness (QED) is 0.669. The molecule has 2 aliphatic rings. The number of fused-ring (bicyclic) bond motifs is 1. The highest BCUT2D eigenvalue weighted by atomic mass is 16.5. The highest BCUT2D eigenvalue weighted by Gasteiger charge is 2.29.